The minimum atomic E-state index is -2.88. The van der Waals surface area contributed by atoms with Crippen molar-refractivity contribution in [2.75, 3.05) is 0 Å². The maximum absolute atomic E-state index is 13.3. The van der Waals surface area contributed by atoms with E-state index in [0.29, 0.717) is 5.56 Å². The summed E-state index contributed by atoms with van der Waals surface area (Å²) in [6.45, 7) is 1.65. The molecule has 4 rings (SSSR count). The molecule has 7 unspecified atom stereocenters. The molecule has 0 heterocycles. The maximum atomic E-state index is 13.3. The lowest BCUT2D eigenvalue weighted by atomic mass is 9.50. The number of Topliss-reactive ketones (excluding diaryl/α,β-unsaturated/α-hetero) is 4. The van der Waals surface area contributed by atoms with Crippen LogP contribution >= 0.6 is 0 Å². The van der Waals surface area contributed by atoms with Gasteiger partial charge in [-0.2, -0.15) is 0 Å². The molecule has 2 fully saturated rings. The van der Waals surface area contributed by atoms with Crippen LogP contribution in [-0.4, -0.2) is 56.1 Å². The highest BCUT2D eigenvalue weighted by Crippen LogP contribution is 2.53. The monoisotopic (exact) mass is 401 g/mol. The fourth-order valence-electron chi connectivity index (χ4n) is 5.32. The van der Waals surface area contributed by atoms with Crippen LogP contribution < -0.4 is 5.73 Å². The Balaban J connectivity index is 1.90. The minimum Gasteiger partial charge on any atom is -0.507 e. The molecule has 3 aliphatic rings. The first-order valence-corrected chi connectivity index (χ1v) is 9.20. The number of fused-ring (bicyclic) bond motifs is 3. The first-order valence-electron chi connectivity index (χ1n) is 9.20. The molecule has 9 heteroatoms. The number of benzene rings is 1. The van der Waals surface area contributed by atoms with Crippen LogP contribution in [0.25, 0.3) is 0 Å². The number of phenols is 1. The third kappa shape index (κ3) is 2.25. The normalized spacial score (nSPS) is 38.9. The summed E-state index contributed by atoms with van der Waals surface area (Å²) in [6.07, 6.45) is -2.14. The molecule has 9 nitrogen and oxygen atoms in total. The highest BCUT2D eigenvalue weighted by Gasteiger charge is 2.69. The molecule has 5 N–H and O–H groups in total. The Hall–Kier alpha value is -2.91. The van der Waals surface area contributed by atoms with E-state index in [1.54, 1.807) is 13.0 Å². The highest BCUT2D eigenvalue weighted by atomic mass is 16.3. The lowest BCUT2D eigenvalue weighted by Gasteiger charge is -2.52. The summed E-state index contributed by atoms with van der Waals surface area (Å²) in [6, 6.07) is 4.39. The summed E-state index contributed by atoms with van der Waals surface area (Å²) in [5.74, 6) is -12.6. The van der Waals surface area contributed by atoms with E-state index in [4.69, 9.17) is 5.73 Å². The van der Waals surface area contributed by atoms with Gasteiger partial charge in [-0.15, -0.1) is 0 Å². The van der Waals surface area contributed by atoms with Crippen LogP contribution in [0.15, 0.2) is 18.2 Å². The largest absolute Gasteiger partial charge is 0.507 e. The van der Waals surface area contributed by atoms with E-state index in [9.17, 15) is 39.3 Å². The fourth-order valence-corrected chi connectivity index (χ4v) is 5.32. The Bertz CT molecular complexity index is 1000. The Kier molecular flexibility index (Phi) is 4.04. The van der Waals surface area contributed by atoms with E-state index in [1.807, 2.05) is 0 Å². The van der Waals surface area contributed by atoms with Gasteiger partial charge in [0.05, 0.1) is 17.6 Å². The molecule has 0 radical (unpaired) electrons. The van der Waals surface area contributed by atoms with Crippen molar-refractivity contribution in [2.45, 2.75) is 31.0 Å². The number of amides is 1. The number of ketones is 4. The Morgan fingerprint density at radius 3 is 2.45 bits per heavy atom. The van der Waals surface area contributed by atoms with E-state index in [0.717, 1.165) is 0 Å². The highest BCUT2D eigenvalue weighted by molar-refractivity contribution is 6.31. The van der Waals surface area contributed by atoms with Crippen molar-refractivity contribution in [3.05, 3.63) is 29.3 Å². The molecule has 3 aliphatic carbocycles. The predicted octanol–water partition coefficient (Wildman–Crippen LogP) is -1.14. The number of hydrogen-bond acceptors (Lipinski definition) is 8. The number of aromatic hydroxyl groups is 1. The summed E-state index contributed by atoms with van der Waals surface area (Å²) < 4.78 is 0. The summed E-state index contributed by atoms with van der Waals surface area (Å²) in [5.41, 5.74) is 2.55. The molecular weight excluding hydrogens is 382 g/mol. The fraction of sp³-hybridized carbons (Fsp3) is 0.450. The number of aliphatic hydroxyl groups is 2. The molecular formula is C20H19NO8. The van der Waals surface area contributed by atoms with Gasteiger partial charge in [-0.05, 0) is 17.5 Å². The number of primary amides is 1. The van der Waals surface area contributed by atoms with Crippen molar-refractivity contribution >= 4 is 29.0 Å². The van der Waals surface area contributed by atoms with Gasteiger partial charge < -0.3 is 21.1 Å². The third-order valence-corrected chi connectivity index (χ3v) is 6.72. The zero-order valence-corrected chi connectivity index (χ0v) is 15.4. The number of aliphatic hydroxyl groups excluding tert-OH is 1. The van der Waals surface area contributed by atoms with Crippen LogP contribution in [-0.2, 0) is 19.2 Å². The Morgan fingerprint density at radius 2 is 1.83 bits per heavy atom. The number of carbonyl (C=O) groups is 5. The van der Waals surface area contributed by atoms with E-state index < -0.39 is 76.8 Å². The second-order valence-electron chi connectivity index (χ2n) is 8.05. The second-order valence-corrected chi connectivity index (χ2v) is 8.05. The van der Waals surface area contributed by atoms with Gasteiger partial charge >= 0.3 is 0 Å². The lowest BCUT2D eigenvalue weighted by Crippen LogP contribution is -2.72. The molecule has 1 amide bonds. The molecule has 0 aliphatic heterocycles. The number of hydrogen-bond donors (Lipinski definition) is 4. The first-order chi connectivity index (χ1) is 13.5. The van der Waals surface area contributed by atoms with Crippen LogP contribution in [0.2, 0.25) is 0 Å². The molecule has 1 aromatic carbocycles. The van der Waals surface area contributed by atoms with Crippen LogP contribution in [0.4, 0.5) is 0 Å². The van der Waals surface area contributed by atoms with Crippen molar-refractivity contribution in [2.24, 2.45) is 29.4 Å². The van der Waals surface area contributed by atoms with Gasteiger partial charge in [0.25, 0.3) is 0 Å². The summed E-state index contributed by atoms with van der Waals surface area (Å²) in [5, 5.41) is 32.2. The molecule has 2 saturated carbocycles. The third-order valence-electron chi connectivity index (χ3n) is 6.72. The number of rotatable bonds is 1. The van der Waals surface area contributed by atoms with E-state index in [2.05, 4.69) is 0 Å². The predicted molar refractivity (Wildman–Crippen MR) is 94.6 cm³/mol. The number of carbonyl (C=O) groups excluding carboxylic acids is 5. The van der Waals surface area contributed by atoms with E-state index in [1.165, 1.54) is 12.1 Å². The van der Waals surface area contributed by atoms with Gasteiger partial charge in [-0.1, -0.05) is 19.1 Å². The molecule has 29 heavy (non-hydrogen) atoms. The molecule has 1 aromatic rings. The van der Waals surface area contributed by atoms with Gasteiger partial charge in [0.15, 0.2) is 34.7 Å². The molecule has 0 aromatic heterocycles. The van der Waals surface area contributed by atoms with Crippen molar-refractivity contribution < 1.29 is 39.3 Å². The zero-order valence-electron chi connectivity index (χ0n) is 15.4. The van der Waals surface area contributed by atoms with Crippen molar-refractivity contribution in [3.8, 4) is 5.75 Å². The van der Waals surface area contributed by atoms with Crippen LogP contribution in [0.5, 0.6) is 5.75 Å². The molecule has 0 saturated heterocycles. The number of nitrogens with two attached hydrogens (primary N) is 1. The van der Waals surface area contributed by atoms with Crippen molar-refractivity contribution in [1.82, 2.24) is 0 Å². The molecule has 7 atom stereocenters. The molecule has 0 bridgehead atoms. The summed E-state index contributed by atoms with van der Waals surface area (Å²) in [7, 11) is 0. The van der Waals surface area contributed by atoms with E-state index in [-0.39, 0.29) is 11.3 Å². The first kappa shape index (κ1) is 19.4. The molecule has 152 valence electrons. The zero-order chi connectivity index (χ0) is 21.4. The SMILES string of the molecule is CC1c2cccc(O)c2C(=O)C2C(=O)C3(O)C(=O)C(C(N)=O)C(=O)CC3C(O)C21. The minimum absolute atomic E-state index is 0.102. The quantitative estimate of drug-likeness (QED) is 0.427. The molecule has 0 spiro atoms. The smallest absolute Gasteiger partial charge is 0.235 e. The van der Waals surface area contributed by atoms with Crippen LogP contribution in [0.3, 0.4) is 0 Å². The average molecular weight is 401 g/mol. The van der Waals surface area contributed by atoms with Gasteiger partial charge in [0.2, 0.25) is 5.91 Å². The van der Waals surface area contributed by atoms with Crippen molar-refractivity contribution in [3.63, 3.8) is 0 Å². The van der Waals surface area contributed by atoms with Crippen LogP contribution in [0.1, 0.15) is 35.2 Å². The van der Waals surface area contributed by atoms with Gasteiger partial charge in [0, 0.05) is 18.3 Å². The summed E-state index contributed by atoms with van der Waals surface area (Å²) in [4.78, 5) is 63.1. The van der Waals surface area contributed by atoms with Gasteiger partial charge in [0.1, 0.15) is 5.75 Å². The van der Waals surface area contributed by atoms with E-state index >= 15 is 0 Å². The lowest BCUT2D eigenvalue weighted by molar-refractivity contribution is -0.189. The summed E-state index contributed by atoms with van der Waals surface area (Å²) >= 11 is 0. The topological polar surface area (TPSA) is 172 Å². The standard InChI is InChI=1S/C20H19NO8/c1-6-7-3-2-4-9(22)12(7)16(25)14-11(6)15(24)8-5-10(23)13(19(21)28)17(26)20(8,29)18(14)27/h2-4,6,8,11,13-15,22,24,29H,5H2,1H3,(H2,21,28). The maximum Gasteiger partial charge on any atom is 0.235 e. The Morgan fingerprint density at radius 1 is 1.17 bits per heavy atom. The average Bonchev–Trinajstić information content (AvgIpc) is 2.65. The number of phenolic OH excluding ortho intramolecular Hbond substituents is 1. The van der Waals surface area contributed by atoms with Gasteiger partial charge in [-0.25, -0.2) is 0 Å². The Labute approximate surface area is 164 Å². The second kappa shape index (κ2) is 6.04. The van der Waals surface area contributed by atoms with Crippen LogP contribution in [0, 0.1) is 23.7 Å². The van der Waals surface area contributed by atoms with Gasteiger partial charge in [-0.3, -0.25) is 24.0 Å². The van der Waals surface area contributed by atoms with Crippen molar-refractivity contribution in [1.29, 1.82) is 0 Å².